The molecule has 1 rings (SSSR count). The van der Waals surface area contributed by atoms with E-state index in [4.69, 9.17) is 14.5 Å². The zero-order valence-electron chi connectivity index (χ0n) is 10.6. The van der Waals surface area contributed by atoms with Crippen LogP contribution in [0.15, 0.2) is 0 Å². The van der Waals surface area contributed by atoms with Crippen molar-refractivity contribution in [3.63, 3.8) is 0 Å². The molecule has 0 aliphatic carbocycles. The Hall–Kier alpha value is -0.620. The lowest BCUT2D eigenvalue weighted by Gasteiger charge is -2.33. The van der Waals surface area contributed by atoms with Crippen molar-refractivity contribution in [2.45, 2.75) is 13.3 Å². The predicted molar refractivity (Wildman–Crippen MR) is 66.6 cm³/mol. The summed E-state index contributed by atoms with van der Waals surface area (Å²) in [7, 11) is -3.88. The number of nitrogens with zero attached hydrogens (tertiary/aromatic N) is 2. The molecule has 0 spiro atoms. The van der Waals surface area contributed by atoms with Crippen LogP contribution in [0.25, 0.3) is 0 Å². The van der Waals surface area contributed by atoms with Gasteiger partial charge in [0.1, 0.15) is 0 Å². The molecule has 7 nitrogen and oxygen atoms in total. The quantitative estimate of drug-likeness (QED) is 0.705. The molecule has 2 N–H and O–H groups in total. The van der Waals surface area contributed by atoms with Gasteiger partial charge in [-0.2, -0.15) is 0 Å². The van der Waals surface area contributed by atoms with E-state index in [0.717, 1.165) is 13.1 Å². The molecular formula is C10H21N2O5P. The molecule has 0 saturated carbocycles. The third-order valence-corrected chi connectivity index (χ3v) is 3.72. The van der Waals surface area contributed by atoms with Crippen molar-refractivity contribution >= 4 is 13.7 Å². The Bertz CT molecular complexity index is 311. The summed E-state index contributed by atoms with van der Waals surface area (Å²) in [5.41, 5.74) is 0. The summed E-state index contributed by atoms with van der Waals surface area (Å²) in [5.74, 6) is 0. The fourth-order valence-corrected chi connectivity index (χ4v) is 2.42. The van der Waals surface area contributed by atoms with Crippen LogP contribution in [0.1, 0.15) is 13.3 Å². The van der Waals surface area contributed by atoms with Crippen LogP contribution < -0.4 is 0 Å². The molecule has 0 atom stereocenters. The first kappa shape index (κ1) is 15.4. The highest BCUT2D eigenvalue weighted by Crippen LogP contribution is 2.34. The molecule has 1 aliphatic heterocycles. The maximum absolute atomic E-state index is 11.4. The van der Waals surface area contributed by atoms with Crippen molar-refractivity contribution in [2.75, 3.05) is 45.5 Å². The highest BCUT2D eigenvalue weighted by molar-refractivity contribution is 7.51. The number of rotatable bonds is 5. The van der Waals surface area contributed by atoms with Crippen LogP contribution in [-0.2, 0) is 9.30 Å². The zero-order valence-corrected chi connectivity index (χ0v) is 11.5. The average molecular weight is 280 g/mol. The number of hydrogen-bond acceptors (Lipinski definition) is 4. The third-order valence-electron chi connectivity index (χ3n) is 2.82. The normalized spacial score (nSPS) is 17.8. The summed E-state index contributed by atoms with van der Waals surface area (Å²) < 4.78 is 15.6. The zero-order chi connectivity index (χ0) is 13.6. The molecule has 1 fully saturated rings. The Labute approximate surface area is 107 Å². The molecule has 0 radical (unpaired) electrons. The first-order valence-electron chi connectivity index (χ1n) is 6.11. The lowest BCUT2D eigenvalue weighted by atomic mass is 10.3. The second-order valence-electron chi connectivity index (χ2n) is 4.27. The smallest absolute Gasteiger partial charge is 0.409 e. The van der Waals surface area contributed by atoms with Crippen molar-refractivity contribution in [2.24, 2.45) is 0 Å². The van der Waals surface area contributed by atoms with E-state index in [9.17, 15) is 9.36 Å². The molecule has 18 heavy (non-hydrogen) atoms. The van der Waals surface area contributed by atoms with E-state index < -0.39 is 7.60 Å². The molecule has 106 valence electrons. The Kier molecular flexibility index (Phi) is 6.08. The standard InChI is InChI=1S/C10H21N2O5P/c1-2-17-10(13)12-7-5-11(6-8-12)4-3-9-18(14,15)16/h2-9H2,1H3,(H2,14,15,16). The summed E-state index contributed by atoms with van der Waals surface area (Å²) in [6.07, 6.45) is 0.113. The van der Waals surface area contributed by atoms with Crippen LogP contribution in [0.4, 0.5) is 4.79 Å². The number of amides is 1. The van der Waals surface area contributed by atoms with Gasteiger partial charge in [0, 0.05) is 26.2 Å². The van der Waals surface area contributed by atoms with Crippen LogP contribution >= 0.6 is 7.60 Å². The molecule has 1 aliphatic rings. The minimum atomic E-state index is -3.88. The van der Waals surface area contributed by atoms with E-state index in [-0.39, 0.29) is 12.3 Å². The summed E-state index contributed by atoms with van der Waals surface area (Å²) in [5, 5.41) is 0. The maximum atomic E-state index is 11.4. The lowest BCUT2D eigenvalue weighted by Crippen LogP contribution is -2.49. The van der Waals surface area contributed by atoms with Gasteiger partial charge in [0.25, 0.3) is 0 Å². The van der Waals surface area contributed by atoms with Crippen molar-refractivity contribution in [3.05, 3.63) is 0 Å². The summed E-state index contributed by atoms with van der Waals surface area (Å²) >= 11 is 0. The minimum absolute atomic E-state index is 0.0783. The van der Waals surface area contributed by atoms with Gasteiger partial charge < -0.3 is 19.4 Å². The first-order chi connectivity index (χ1) is 8.42. The van der Waals surface area contributed by atoms with Gasteiger partial charge in [-0.1, -0.05) is 0 Å². The van der Waals surface area contributed by atoms with E-state index in [0.29, 0.717) is 32.7 Å². The molecular weight excluding hydrogens is 259 g/mol. The highest BCUT2D eigenvalue weighted by Gasteiger charge is 2.22. The topological polar surface area (TPSA) is 90.3 Å². The Morgan fingerprint density at radius 2 is 1.89 bits per heavy atom. The number of carbonyl (C=O) groups excluding carboxylic acids is 1. The molecule has 1 heterocycles. The second kappa shape index (κ2) is 7.09. The van der Waals surface area contributed by atoms with Gasteiger partial charge in [0.2, 0.25) is 0 Å². The highest BCUT2D eigenvalue weighted by atomic mass is 31.2. The van der Waals surface area contributed by atoms with Gasteiger partial charge in [-0.3, -0.25) is 9.46 Å². The van der Waals surface area contributed by atoms with E-state index >= 15 is 0 Å². The number of carbonyl (C=O) groups is 1. The summed E-state index contributed by atoms with van der Waals surface area (Å²) in [6, 6.07) is 0. The molecule has 0 aromatic carbocycles. The number of hydrogen-bond donors (Lipinski definition) is 2. The summed E-state index contributed by atoms with van der Waals surface area (Å²) in [6.45, 7) is 5.46. The lowest BCUT2D eigenvalue weighted by molar-refractivity contribution is 0.0797. The van der Waals surface area contributed by atoms with Gasteiger partial charge in [0.15, 0.2) is 0 Å². The van der Waals surface area contributed by atoms with Crippen LogP contribution in [0, 0.1) is 0 Å². The number of piperazine rings is 1. The van der Waals surface area contributed by atoms with Crippen molar-refractivity contribution in [3.8, 4) is 0 Å². The monoisotopic (exact) mass is 280 g/mol. The molecule has 0 aromatic rings. The van der Waals surface area contributed by atoms with Crippen LogP contribution in [0.2, 0.25) is 0 Å². The maximum Gasteiger partial charge on any atom is 0.409 e. The predicted octanol–water partition coefficient (Wildman–Crippen LogP) is 0.328. The average Bonchev–Trinajstić information content (AvgIpc) is 2.28. The Morgan fingerprint density at radius 3 is 2.39 bits per heavy atom. The van der Waals surface area contributed by atoms with Gasteiger partial charge >= 0.3 is 13.7 Å². The number of ether oxygens (including phenoxy) is 1. The molecule has 8 heteroatoms. The van der Waals surface area contributed by atoms with Crippen LogP contribution in [-0.4, -0.2) is 71.2 Å². The fraction of sp³-hybridized carbons (Fsp3) is 0.900. The van der Waals surface area contributed by atoms with Gasteiger partial charge in [-0.05, 0) is 19.9 Å². The van der Waals surface area contributed by atoms with Crippen molar-refractivity contribution in [1.29, 1.82) is 0 Å². The van der Waals surface area contributed by atoms with Crippen molar-refractivity contribution < 1.29 is 23.9 Å². The van der Waals surface area contributed by atoms with E-state index in [1.165, 1.54) is 0 Å². The van der Waals surface area contributed by atoms with Crippen molar-refractivity contribution in [1.82, 2.24) is 9.80 Å². The largest absolute Gasteiger partial charge is 0.450 e. The first-order valence-corrected chi connectivity index (χ1v) is 7.91. The molecule has 0 unspecified atom stereocenters. The Balaban J connectivity index is 2.19. The van der Waals surface area contributed by atoms with Crippen LogP contribution in [0.5, 0.6) is 0 Å². The minimum Gasteiger partial charge on any atom is -0.450 e. The van der Waals surface area contributed by atoms with E-state index in [1.807, 2.05) is 0 Å². The second-order valence-corrected chi connectivity index (χ2v) is 6.05. The fourth-order valence-electron chi connectivity index (χ4n) is 1.87. The molecule has 0 aromatic heterocycles. The molecule has 1 amide bonds. The van der Waals surface area contributed by atoms with E-state index in [2.05, 4.69) is 4.90 Å². The SMILES string of the molecule is CCOC(=O)N1CCN(CCCP(=O)(O)O)CC1. The third kappa shape index (κ3) is 5.82. The van der Waals surface area contributed by atoms with E-state index in [1.54, 1.807) is 11.8 Å². The summed E-state index contributed by atoms with van der Waals surface area (Å²) in [4.78, 5) is 32.7. The molecule has 0 bridgehead atoms. The van der Waals surface area contributed by atoms with Gasteiger partial charge in [0.05, 0.1) is 12.8 Å². The molecule has 1 saturated heterocycles. The van der Waals surface area contributed by atoms with Gasteiger partial charge in [-0.25, -0.2) is 4.79 Å². The Morgan fingerprint density at radius 1 is 1.28 bits per heavy atom. The van der Waals surface area contributed by atoms with Crippen LogP contribution in [0.3, 0.4) is 0 Å². The van der Waals surface area contributed by atoms with Gasteiger partial charge in [-0.15, -0.1) is 0 Å².